The van der Waals surface area contributed by atoms with Gasteiger partial charge in [-0.1, -0.05) is 13.8 Å². The molecule has 3 heteroatoms. The van der Waals surface area contributed by atoms with Crippen LogP contribution in [0.4, 0.5) is 0 Å². The minimum Gasteiger partial charge on any atom is -0.396 e. The van der Waals surface area contributed by atoms with E-state index in [0.29, 0.717) is 5.41 Å². The van der Waals surface area contributed by atoms with E-state index >= 15 is 0 Å². The fourth-order valence-electron chi connectivity index (χ4n) is 3.61. The third-order valence-corrected chi connectivity index (χ3v) is 5.23. The molecule has 0 radical (unpaired) electrons. The fourth-order valence-corrected chi connectivity index (χ4v) is 4.78. The van der Waals surface area contributed by atoms with Gasteiger partial charge in [-0.15, -0.1) is 0 Å². The van der Waals surface area contributed by atoms with Crippen LogP contribution in [0.2, 0.25) is 0 Å². The zero-order valence-electron chi connectivity index (χ0n) is 9.75. The van der Waals surface area contributed by atoms with Crippen LogP contribution >= 0.6 is 11.8 Å². The Morgan fingerprint density at radius 2 is 1.67 bits per heavy atom. The molecule has 0 bridgehead atoms. The van der Waals surface area contributed by atoms with E-state index in [1.54, 1.807) is 0 Å². The summed E-state index contributed by atoms with van der Waals surface area (Å²) < 4.78 is 0. The molecule has 1 saturated heterocycles. The molecule has 2 aliphatic rings. The number of thioether (sulfide) groups is 1. The highest BCUT2D eigenvalue weighted by molar-refractivity contribution is 7.99. The van der Waals surface area contributed by atoms with Gasteiger partial charge in [0.25, 0.3) is 0 Å². The van der Waals surface area contributed by atoms with Gasteiger partial charge < -0.3 is 10.2 Å². The molecular formula is C12H22O2S. The highest BCUT2D eigenvalue weighted by Gasteiger charge is 2.60. The summed E-state index contributed by atoms with van der Waals surface area (Å²) in [5.74, 6) is 2.08. The van der Waals surface area contributed by atoms with E-state index in [9.17, 15) is 10.2 Å². The SMILES string of the molecule is CC1(C)CC(CO)(C2(O)CCSCC2)C1. The number of hydrogen-bond acceptors (Lipinski definition) is 3. The van der Waals surface area contributed by atoms with Crippen LogP contribution in [0.5, 0.6) is 0 Å². The molecule has 1 aliphatic heterocycles. The average Bonchev–Trinajstić information content (AvgIpc) is 2.14. The van der Waals surface area contributed by atoms with Gasteiger partial charge >= 0.3 is 0 Å². The van der Waals surface area contributed by atoms with Gasteiger partial charge in [0.05, 0.1) is 12.2 Å². The van der Waals surface area contributed by atoms with Crippen LogP contribution in [-0.2, 0) is 0 Å². The van der Waals surface area contributed by atoms with E-state index in [1.165, 1.54) is 0 Å². The lowest BCUT2D eigenvalue weighted by Gasteiger charge is -2.61. The van der Waals surface area contributed by atoms with Gasteiger partial charge in [-0.2, -0.15) is 11.8 Å². The average molecular weight is 230 g/mol. The summed E-state index contributed by atoms with van der Waals surface area (Å²) in [7, 11) is 0. The van der Waals surface area contributed by atoms with Crippen LogP contribution in [0.1, 0.15) is 39.5 Å². The van der Waals surface area contributed by atoms with E-state index in [4.69, 9.17) is 0 Å². The number of rotatable bonds is 2. The molecule has 0 unspecified atom stereocenters. The van der Waals surface area contributed by atoms with Crippen molar-refractivity contribution in [3.05, 3.63) is 0 Å². The summed E-state index contributed by atoms with van der Waals surface area (Å²) >= 11 is 1.92. The number of aliphatic hydroxyl groups is 2. The molecule has 1 heterocycles. The summed E-state index contributed by atoms with van der Waals surface area (Å²) in [6, 6.07) is 0. The van der Waals surface area contributed by atoms with Crippen molar-refractivity contribution in [3.63, 3.8) is 0 Å². The van der Waals surface area contributed by atoms with E-state index in [-0.39, 0.29) is 12.0 Å². The molecule has 0 atom stereocenters. The lowest BCUT2D eigenvalue weighted by atomic mass is 9.47. The molecule has 88 valence electrons. The van der Waals surface area contributed by atoms with Gasteiger partial charge in [0, 0.05) is 5.41 Å². The summed E-state index contributed by atoms with van der Waals surface area (Å²) in [6.45, 7) is 4.60. The molecule has 15 heavy (non-hydrogen) atoms. The van der Waals surface area contributed by atoms with Crippen LogP contribution in [-0.4, -0.2) is 33.9 Å². The molecule has 0 aromatic rings. The Morgan fingerprint density at radius 1 is 1.13 bits per heavy atom. The van der Waals surface area contributed by atoms with Crippen molar-refractivity contribution in [2.75, 3.05) is 18.1 Å². The lowest BCUT2D eigenvalue weighted by Crippen LogP contribution is -2.61. The first-order chi connectivity index (χ1) is 6.93. The van der Waals surface area contributed by atoms with E-state index in [0.717, 1.165) is 37.2 Å². The Morgan fingerprint density at radius 3 is 2.07 bits per heavy atom. The Balaban J connectivity index is 2.13. The standard InChI is InChI=1S/C12H22O2S/c1-10(2)7-11(8-10,9-13)12(14)3-5-15-6-4-12/h13-14H,3-9H2,1-2H3. The maximum absolute atomic E-state index is 10.7. The van der Waals surface area contributed by atoms with Crippen molar-refractivity contribution < 1.29 is 10.2 Å². The summed E-state index contributed by atoms with van der Waals surface area (Å²) in [5, 5.41) is 20.3. The van der Waals surface area contributed by atoms with Crippen molar-refractivity contribution in [1.29, 1.82) is 0 Å². The fraction of sp³-hybridized carbons (Fsp3) is 1.00. The summed E-state index contributed by atoms with van der Waals surface area (Å²) in [4.78, 5) is 0. The summed E-state index contributed by atoms with van der Waals surface area (Å²) in [5.41, 5.74) is -0.483. The maximum atomic E-state index is 10.7. The quantitative estimate of drug-likeness (QED) is 0.762. The Hall–Kier alpha value is 0.270. The largest absolute Gasteiger partial charge is 0.396 e. The Kier molecular flexibility index (Phi) is 2.85. The third kappa shape index (κ3) is 1.83. The van der Waals surface area contributed by atoms with E-state index in [2.05, 4.69) is 13.8 Å². The van der Waals surface area contributed by atoms with Gasteiger partial charge in [0.2, 0.25) is 0 Å². The maximum Gasteiger partial charge on any atom is 0.0741 e. The van der Waals surface area contributed by atoms with Crippen LogP contribution in [0.3, 0.4) is 0 Å². The molecule has 2 rings (SSSR count). The van der Waals surface area contributed by atoms with Crippen molar-refractivity contribution in [3.8, 4) is 0 Å². The molecule has 0 amide bonds. The molecule has 2 N–H and O–H groups in total. The first-order valence-electron chi connectivity index (χ1n) is 5.84. The van der Waals surface area contributed by atoms with Crippen LogP contribution in [0, 0.1) is 10.8 Å². The van der Waals surface area contributed by atoms with Gasteiger partial charge in [-0.3, -0.25) is 0 Å². The second-order valence-corrected chi connectivity index (χ2v) is 7.32. The molecule has 2 fully saturated rings. The molecule has 1 aliphatic carbocycles. The van der Waals surface area contributed by atoms with E-state index < -0.39 is 5.60 Å². The second kappa shape index (κ2) is 3.64. The smallest absolute Gasteiger partial charge is 0.0741 e. The topological polar surface area (TPSA) is 40.5 Å². The Labute approximate surface area is 96.5 Å². The number of aliphatic hydroxyl groups excluding tert-OH is 1. The molecule has 0 aromatic heterocycles. The molecule has 1 saturated carbocycles. The van der Waals surface area contributed by atoms with E-state index in [1.807, 2.05) is 11.8 Å². The zero-order valence-corrected chi connectivity index (χ0v) is 10.6. The van der Waals surface area contributed by atoms with Gasteiger partial charge in [-0.05, 0) is 42.6 Å². The zero-order chi connectivity index (χ0) is 11.2. The van der Waals surface area contributed by atoms with Crippen LogP contribution in [0.25, 0.3) is 0 Å². The van der Waals surface area contributed by atoms with Crippen molar-refractivity contribution in [2.45, 2.75) is 45.1 Å². The van der Waals surface area contributed by atoms with Gasteiger partial charge in [-0.25, -0.2) is 0 Å². The predicted molar refractivity (Wildman–Crippen MR) is 64.0 cm³/mol. The lowest BCUT2D eigenvalue weighted by molar-refractivity contribution is -0.198. The molecular weight excluding hydrogens is 208 g/mol. The minimum atomic E-state index is -0.595. The minimum absolute atomic E-state index is 0.150. The van der Waals surface area contributed by atoms with Crippen molar-refractivity contribution in [1.82, 2.24) is 0 Å². The first kappa shape index (κ1) is 11.7. The van der Waals surface area contributed by atoms with Gasteiger partial charge in [0.1, 0.15) is 0 Å². The highest BCUT2D eigenvalue weighted by Crippen LogP contribution is 2.61. The second-order valence-electron chi connectivity index (χ2n) is 6.10. The van der Waals surface area contributed by atoms with Crippen LogP contribution in [0.15, 0.2) is 0 Å². The highest BCUT2D eigenvalue weighted by atomic mass is 32.2. The molecule has 0 aromatic carbocycles. The summed E-state index contributed by atoms with van der Waals surface area (Å²) in [6.07, 6.45) is 3.65. The first-order valence-corrected chi connectivity index (χ1v) is 7.00. The van der Waals surface area contributed by atoms with Gasteiger partial charge in [0.15, 0.2) is 0 Å². The Bertz CT molecular complexity index is 236. The number of hydrogen-bond donors (Lipinski definition) is 2. The van der Waals surface area contributed by atoms with Crippen molar-refractivity contribution in [2.24, 2.45) is 10.8 Å². The molecule has 2 nitrogen and oxygen atoms in total. The van der Waals surface area contributed by atoms with Crippen LogP contribution < -0.4 is 0 Å². The monoisotopic (exact) mass is 230 g/mol. The normalized spacial score (nSPS) is 32.0. The molecule has 0 spiro atoms. The third-order valence-electron chi connectivity index (χ3n) is 4.24. The van der Waals surface area contributed by atoms with Crippen molar-refractivity contribution >= 4 is 11.8 Å². The predicted octanol–water partition coefficient (Wildman–Crippen LogP) is 2.04.